The van der Waals surface area contributed by atoms with E-state index in [1.54, 1.807) is 19.0 Å². The van der Waals surface area contributed by atoms with Gasteiger partial charge in [-0.2, -0.15) is 13.2 Å². The number of carbonyl (C=O) groups is 3. The Hall–Kier alpha value is -2.92. The maximum Gasteiger partial charge on any atom is 0.490 e. The number of amides is 2. The third-order valence-electron chi connectivity index (χ3n) is 5.44. The number of aryl methyl sites for hydroxylation is 1. The maximum atomic E-state index is 12.8. The fraction of sp³-hybridized carbons (Fsp3) is 0.632. The van der Waals surface area contributed by atoms with Gasteiger partial charge in [0.2, 0.25) is 17.8 Å². The molecule has 0 saturated carbocycles. The Kier molecular flexibility index (Phi) is 7.45. The lowest BCUT2D eigenvalue weighted by Crippen LogP contribution is -2.46. The Bertz CT molecular complexity index is 806. The normalized spacial score (nSPS) is 17.9. The minimum Gasteiger partial charge on any atom is -0.475 e. The lowest BCUT2D eigenvalue weighted by Gasteiger charge is -2.37. The summed E-state index contributed by atoms with van der Waals surface area (Å²) in [6.07, 6.45) is 1.00. The number of likely N-dealkylation sites (N-methyl/N-ethyl adjacent to an activating group) is 1. The molecular formula is C19H26F3N5O4. The van der Waals surface area contributed by atoms with Gasteiger partial charge in [-0.3, -0.25) is 9.59 Å². The van der Waals surface area contributed by atoms with Crippen LogP contribution in [-0.4, -0.2) is 89.1 Å². The molecule has 2 saturated heterocycles. The van der Waals surface area contributed by atoms with Crippen LogP contribution in [0, 0.1) is 12.3 Å². The van der Waals surface area contributed by atoms with Gasteiger partial charge in [0, 0.05) is 46.1 Å². The summed E-state index contributed by atoms with van der Waals surface area (Å²) in [7, 11) is 3.44. The second-order valence-electron chi connectivity index (χ2n) is 7.90. The van der Waals surface area contributed by atoms with E-state index >= 15 is 0 Å². The largest absolute Gasteiger partial charge is 0.490 e. The fourth-order valence-electron chi connectivity index (χ4n) is 3.50. The standard InChI is InChI=1S/C17H25N5O2.C2HF3O2/c1-13-10-18-16(19-11-13)21-7-4-17(5-8-21)6-9-22(15(17)24)12-14(23)20(2)3;3-2(4,5)1(6)7/h10-11H,4-9,12H2,1-3H3;(H,6,7). The van der Waals surface area contributed by atoms with E-state index in [-0.39, 0.29) is 23.8 Å². The predicted molar refractivity (Wildman–Crippen MR) is 104 cm³/mol. The third-order valence-corrected chi connectivity index (χ3v) is 5.44. The minimum absolute atomic E-state index is 0.0223. The maximum absolute atomic E-state index is 12.8. The summed E-state index contributed by atoms with van der Waals surface area (Å²) in [5.74, 6) is -1.90. The summed E-state index contributed by atoms with van der Waals surface area (Å²) in [6, 6.07) is 0. The number of hydrogen-bond donors (Lipinski definition) is 1. The second-order valence-corrected chi connectivity index (χ2v) is 7.90. The highest BCUT2D eigenvalue weighted by Gasteiger charge is 2.48. The first-order chi connectivity index (χ1) is 14.4. The van der Waals surface area contributed by atoms with E-state index in [9.17, 15) is 22.8 Å². The molecule has 12 heteroatoms. The van der Waals surface area contributed by atoms with Crippen LogP contribution in [0.2, 0.25) is 0 Å². The number of likely N-dealkylation sites (tertiary alicyclic amines) is 1. The Labute approximate surface area is 177 Å². The monoisotopic (exact) mass is 445 g/mol. The molecular weight excluding hydrogens is 419 g/mol. The molecule has 9 nitrogen and oxygen atoms in total. The average Bonchev–Trinajstić information content (AvgIpc) is 2.98. The van der Waals surface area contributed by atoms with Gasteiger partial charge in [-0.25, -0.2) is 14.8 Å². The van der Waals surface area contributed by atoms with Crippen LogP contribution in [0.3, 0.4) is 0 Å². The first kappa shape index (κ1) is 24.4. The molecule has 2 fully saturated rings. The highest BCUT2D eigenvalue weighted by molar-refractivity contribution is 5.89. The summed E-state index contributed by atoms with van der Waals surface area (Å²) < 4.78 is 31.7. The lowest BCUT2D eigenvalue weighted by atomic mass is 9.77. The quantitative estimate of drug-likeness (QED) is 0.748. The highest BCUT2D eigenvalue weighted by atomic mass is 19.4. The molecule has 3 rings (SSSR count). The summed E-state index contributed by atoms with van der Waals surface area (Å²) in [4.78, 5) is 47.8. The van der Waals surface area contributed by atoms with Crippen molar-refractivity contribution in [3.05, 3.63) is 18.0 Å². The second kappa shape index (κ2) is 9.48. The molecule has 31 heavy (non-hydrogen) atoms. The molecule has 0 aliphatic carbocycles. The van der Waals surface area contributed by atoms with Gasteiger partial charge in [0.25, 0.3) is 0 Å². The minimum atomic E-state index is -5.08. The van der Waals surface area contributed by atoms with Crippen LogP contribution in [0.4, 0.5) is 19.1 Å². The van der Waals surface area contributed by atoms with Gasteiger partial charge in [0.1, 0.15) is 0 Å². The van der Waals surface area contributed by atoms with E-state index < -0.39 is 12.1 Å². The average molecular weight is 445 g/mol. The van der Waals surface area contributed by atoms with E-state index in [1.165, 1.54) is 4.90 Å². The molecule has 1 N–H and O–H groups in total. The summed E-state index contributed by atoms with van der Waals surface area (Å²) in [5.41, 5.74) is 0.743. The molecule has 172 valence electrons. The van der Waals surface area contributed by atoms with Crippen molar-refractivity contribution in [2.45, 2.75) is 32.4 Å². The Morgan fingerprint density at radius 2 is 1.61 bits per heavy atom. The van der Waals surface area contributed by atoms with Crippen LogP contribution >= 0.6 is 0 Å². The van der Waals surface area contributed by atoms with Gasteiger partial charge in [-0.1, -0.05) is 0 Å². The van der Waals surface area contributed by atoms with Crippen molar-refractivity contribution in [3.63, 3.8) is 0 Å². The highest BCUT2D eigenvalue weighted by Crippen LogP contribution is 2.41. The lowest BCUT2D eigenvalue weighted by molar-refractivity contribution is -0.192. The molecule has 1 aromatic rings. The van der Waals surface area contributed by atoms with E-state index in [4.69, 9.17) is 9.90 Å². The topological polar surface area (TPSA) is 107 Å². The van der Waals surface area contributed by atoms with Gasteiger partial charge in [0.15, 0.2) is 0 Å². The number of halogens is 3. The molecule has 0 aromatic carbocycles. The van der Waals surface area contributed by atoms with Crippen molar-refractivity contribution in [3.8, 4) is 0 Å². The number of nitrogens with zero attached hydrogens (tertiary/aromatic N) is 5. The molecule has 2 amide bonds. The number of aliphatic carboxylic acids is 1. The van der Waals surface area contributed by atoms with Crippen molar-refractivity contribution in [1.29, 1.82) is 0 Å². The van der Waals surface area contributed by atoms with Crippen LogP contribution in [0.1, 0.15) is 24.8 Å². The van der Waals surface area contributed by atoms with E-state index in [2.05, 4.69) is 14.9 Å². The smallest absolute Gasteiger partial charge is 0.475 e. The fourth-order valence-corrected chi connectivity index (χ4v) is 3.50. The van der Waals surface area contributed by atoms with Crippen molar-refractivity contribution in [1.82, 2.24) is 19.8 Å². The number of rotatable bonds is 3. The van der Waals surface area contributed by atoms with Crippen LogP contribution in [0.25, 0.3) is 0 Å². The SMILES string of the molecule is Cc1cnc(N2CCC3(CCN(CC(=O)N(C)C)C3=O)CC2)nc1.O=C(O)C(F)(F)F. The number of aromatic nitrogens is 2. The van der Waals surface area contributed by atoms with Crippen LogP contribution < -0.4 is 4.90 Å². The zero-order chi connectivity index (χ0) is 23.4. The number of piperidine rings is 1. The number of anilines is 1. The molecule has 0 atom stereocenters. The van der Waals surface area contributed by atoms with Crippen LogP contribution in [-0.2, 0) is 14.4 Å². The van der Waals surface area contributed by atoms with Gasteiger partial charge in [0.05, 0.1) is 12.0 Å². The zero-order valence-electron chi connectivity index (χ0n) is 17.6. The molecule has 0 radical (unpaired) electrons. The van der Waals surface area contributed by atoms with Crippen LogP contribution in [0.5, 0.6) is 0 Å². The molecule has 1 aromatic heterocycles. The van der Waals surface area contributed by atoms with Gasteiger partial charge < -0.3 is 19.8 Å². The summed E-state index contributed by atoms with van der Waals surface area (Å²) in [5, 5.41) is 7.12. The van der Waals surface area contributed by atoms with Gasteiger partial charge >= 0.3 is 12.1 Å². The third kappa shape index (κ3) is 6.05. The zero-order valence-corrected chi connectivity index (χ0v) is 17.6. The molecule has 3 heterocycles. The predicted octanol–water partition coefficient (Wildman–Crippen LogP) is 1.33. The summed E-state index contributed by atoms with van der Waals surface area (Å²) in [6.45, 7) is 4.40. The number of carbonyl (C=O) groups excluding carboxylic acids is 2. The van der Waals surface area contributed by atoms with Crippen molar-refractivity contribution < 1.29 is 32.7 Å². The number of carboxylic acid groups (broad SMARTS) is 1. The van der Waals surface area contributed by atoms with E-state index in [0.29, 0.717) is 6.54 Å². The van der Waals surface area contributed by atoms with Crippen molar-refractivity contribution in [2.75, 3.05) is 45.2 Å². The van der Waals surface area contributed by atoms with E-state index in [0.717, 1.165) is 43.9 Å². The van der Waals surface area contributed by atoms with Gasteiger partial charge in [-0.15, -0.1) is 0 Å². The Balaban J connectivity index is 0.000000423. The van der Waals surface area contributed by atoms with Crippen LogP contribution in [0.15, 0.2) is 12.4 Å². The first-order valence-corrected chi connectivity index (χ1v) is 9.69. The Morgan fingerprint density at radius 1 is 1.13 bits per heavy atom. The molecule has 2 aliphatic rings. The van der Waals surface area contributed by atoms with E-state index in [1.807, 2.05) is 19.3 Å². The Morgan fingerprint density at radius 3 is 2.06 bits per heavy atom. The molecule has 0 unspecified atom stereocenters. The molecule has 1 spiro atoms. The molecule has 2 aliphatic heterocycles. The molecule has 0 bridgehead atoms. The van der Waals surface area contributed by atoms with Crippen molar-refractivity contribution in [2.24, 2.45) is 5.41 Å². The van der Waals surface area contributed by atoms with Crippen molar-refractivity contribution >= 4 is 23.7 Å². The first-order valence-electron chi connectivity index (χ1n) is 9.69. The number of carboxylic acids is 1. The number of alkyl halides is 3. The van der Waals surface area contributed by atoms with Gasteiger partial charge in [-0.05, 0) is 31.7 Å². The number of hydrogen-bond acceptors (Lipinski definition) is 6. The summed E-state index contributed by atoms with van der Waals surface area (Å²) >= 11 is 0.